The van der Waals surface area contributed by atoms with Gasteiger partial charge in [-0.05, 0) is 56.4 Å². The molecule has 0 amide bonds. The second kappa shape index (κ2) is 12.9. The number of hydrogen-bond acceptors (Lipinski definition) is 3. The van der Waals surface area contributed by atoms with Gasteiger partial charge in [-0.2, -0.15) is 5.10 Å². The fraction of sp³-hybridized carbons (Fsp3) is 0.172. The molecule has 0 aromatic heterocycles. The first-order valence-electron chi connectivity index (χ1n) is 10.8. The van der Waals surface area contributed by atoms with Gasteiger partial charge in [0.15, 0.2) is 0 Å². The van der Waals surface area contributed by atoms with Crippen LogP contribution in [0, 0.1) is 0 Å². The predicted octanol–water partition coefficient (Wildman–Crippen LogP) is 7.82. The van der Waals surface area contributed by atoms with E-state index in [0.717, 1.165) is 52.1 Å². The van der Waals surface area contributed by atoms with Crippen molar-refractivity contribution in [2.24, 2.45) is 15.9 Å². The maximum Gasteiger partial charge on any atom is 0.0714 e. The zero-order chi connectivity index (χ0) is 23.3. The van der Waals surface area contributed by atoms with Gasteiger partial charge in [-0.1, -0.05) is 91.6 Å². The Hall–Kier alpha value is -3.72. The number of hydrogen-bond donors (Lipinski definition) is 1. The Morgan fingerprint density at radius 3 is 2.41 bits per heavy atom. The summed E-state index contributed by atoms with van der Waals surface area (Å²) in [5, 5.41) is 3.66. The number of hydrazone groups is 1. The molecule has 3 heteroatoms. The lowest BCUT2D eigenvalue weighted by Gasteiger charge is -2.16. The second-order valence-corrected chi connectivity index (χ2v) is 7.52. The number of nitrogens with zero attached hydrogens (tertiary/aromatic N) is 2. The van der Waals surface area contributed by atoms with Crippen LogP contribution in [0.2, 0.25) is 0 Å². The topological polar surface area (TPSA) is 50.7 Å². The van der Waals surface area contributed by atoms with E-state index in [-0.39, 0.29) is 0 Å². The van der Waals surface area contributed by atoms with Crippen LogP contribution in [0.4, 0.5) is 5.69 Å². The predicted molar refractivity (Wildman–Crippen MR) is 142 cm³/mol. The minimum absolute atomic E-state index is 0.844. The molecule has 0 heterocycles. The van der Waals surface area contributed by atoms with E-state index in [1.807, 2.05) is 50.3 Å². The van der Waals surface area contributed by atoms with Crippen LogP contribution in [0.5, 0.6) is 0 Å². The maximum atomic E-state index is 5.37. The van der Waals surface area contributed by atoms with Crippen molar-refractivity contribution in [3.05, 3.63) is 109 Å². The van der Waals surface area contributed by atoms with Crippen LogP contribution in [0.3, 0.4) is 0 Å². The lowest BCUT2D eigenvalue weighted by molar-refractivity contribution is 0.994. The van der Waals surface area contributed by atoms with Crippen molar-refractivity contribution in [2.75, 3.05) is 0 Å². The van der Waals surface area contributed by atoms with Crippen LogP contribution in [0.15, 0.2) is 113 Å². The van der Waals surface area contributed by atoms with Gasteiger partial charge in [-0.3, -0.25) is 4.99 Å². The van der Waals surface area contributed by atoms with Gasteiger partial charge >= 0.3 is 0 Å². The highest BCUT2D eigenvalue weighted by atomic mass is 15.1. The van der Waals surface area contributed by atoms with E-state index in [2.05, 4.69) is 61.6 Å². The van der Waals surface area contributed by atoms with Crippen molar-refractivity contribution >= 4 is 23.2 Å². The Morgan fingerprint density at radius 2 is 1.75 bits per heavy atom. The monoisotopic (exact) mass is 423 g/mol. The van der Waals surface area contributed by atoms with E-state index < -0.39 is 0 Å². The van der Waals surface area contributed by atoms with Gasteiger partial charge in [-0.15, -0.1) is 0 Å². The third kappa shape index (κ3) is 6.92. The van der Waals surface area contributed by atoms with Gasteiger partial charge in [0, 0.05) is 16.8 Å². The highest BCUT2D eigenvalue weighted by Crippen LogP contribution is 2.38. The normalized spacial score (nSPS) is 13.2. The third-order valence-corrected chi connectivity index (χ3v) is 5.16. The summed E-state index contributed by atoms with van der Waals surface area (Å²) < 4.78 is 0. The van der Waals surface area contributed by atoms with E-state index >= 15 is 0 Å². The van der Waals surface area contributed by atoms with Crippen LogP contribution in [-0.2, 0) is 0 Å². The number of benzene rings is 2. The van der Waals surface area contributed by atoms with E-state index in [1.165, 1.54) is 5.57 Å². The average Bonchev–Trinajstić information content (AvgIpc) is 2.81. The van der Waals surface area contributed by atoms with Crippen molar-refractivity contribution in [3.8, 4) is 11.1 Å². The lowest BCUT2D eigenvalue weighted by atomic mass is 9.90. The molecule has 164 valence electrons. The summed E-state index contributed by atoms with van der Waals surface area (Å²) >= 11 is 0. The standard InChI is InChI=1S/C29H33N3/c1-6-8-10-14-22(3)19-20-23(4)29-27(26-15-11-9-12-16-26)17-13-18-28(29)32-24(5)25(7-2)21-31-30/h6-18,21H,1,4,19-20,30H2,2-3,5H3/b10-8-,22-14+,25-7+,31-21-,32-24+. The molecule has 3 nitrogen and oxygen atoms in total. The molecule has 2 aromatic rings. The Bertz CT molecular complexity index is 1080. The van der Waals surface area contributed by atoms with Gasteiger partial charge in [-0.25, -0.2) is 0 Å². The summed E-state index contributed by atoms with van der Waals surface area (Å²) in [4.78, 5) is 4.95. The Morgan fingerprint density at radius 1 is 1.00 bits per heavy atom. The van der Waals surface area contributed by atoms with Crippen molar-refractivity contribution in [2.45, 2.75) is 33.6 Å². The second-order valence-electron chi connectivity index (χ2n) is 7.52. The molecule has 0 unspecified atom stereocenters. The van der Waals surface area contributed by atoms with Crippen molar-refractivity contribution in [1.82, 2.24) is 0 Å². The first-order chi connectivity index (χ1) is 15.5. The molecule has 2 rings (SSSR count). The van der Waals surface area contributed by atoms with Crippen LogP contribution in [0.25, 0.3) is 16.7 Å². The first-order valence-corrected chi connectivity index (χ1v) is 10.8. The van der Waals surface area contributed by atoms with Gasteiger partial charge in [0.2, 0.25) is 0 Å². The molecule has 0 saturated carbocycles. The summed E-state index contributed by atoms with van der Waals surface area (Å²) in [5.74, 6) is 5.37. The highest BCUT2D eigenvalue weighted by molar-refractivity contribution is 6.16. The largest absolute Gasteiger partial charge is 0.323 e. The summed E-state index contributed by atoms with van der Waals surface area (Å²) in [6, 6.07) is 16.6. The Kier molecular flexibility index (Phi) is 9.86. The number of rotatable bonds is 10. The summed E-state index contributed by atoms with van der Waals surface area (Å²) in [5.41, 5.74) is 8.35. The van der Waals surface area contributed by atoms with E-state index in [4.69, 9.17) is 10.8 Å². The zero-order valence-corrected chi connectivity index (χ0v) is 19.4. The summed E-state index contributed by atoms with van der Waals surface area (Å²) in [6.07, 6.45) is 13.2. The minimum atomic E-state index is 0.844. The molecule has 2 aromatic carbocycles. The number of nitrogens with two attached hydrogens (primary N) is 1. The van der Waals surface area contributed by atoms with Gasteiger partial charge < -0.3 is 5.84 Å². The molecule has 0 atom stereocenters. The van der Waals surface area contributed by atoms with Crippen LogP contribution >= 0.6 is 0 Å². The molecule has 0 spiro atoms. The smallest absolute Gasteiger partial charge is 0.0714 e. The molecule has 32 heavy (non-hydrogen) atoms. The third-order valence-electron chi connectivity index (χ3n) is 5.16. The SMILES string of the molecule is C=C/C=C\C=C(/C)CCC(=C)c1c(/N=C(C)/C(/C=N\N)=C/C)cccc1-c1ccccc1. The minimum Gasteiger partial charge on any atom is -0.323 e. The fourth-order valence-corrected chi connectivity index (χ4v) is 3.42. The molecule has 0 aliphatic carbocycles. The zero-order valence-electron chi connectivity index (χ0n) is 19.4. The summed E-state index contributed by atoms with van der Waals surface area (Å²) in [7, 11) is 0. The van der Waals surface area contributed by atoms with Gasteiger partial charge in [0.05, 0.1) is 11.9 Å². The lowest BCUT2D eigenvalue weighted by Crippen LogP contribution is -2.01. The number of aliphatic imine (C=N–C) groups is 1. The van der Waals surface area contributed by atoms with Crippen LogP contribution < -0.4 is 5.84 Å². The quantitative estimate of drug-likeness (QED) is 0.180. The van der Waals surface area contributed by atoms with E-state index in [9.17, 15) is 0 Å². The summed E-state index contributed by atoms with van der Waals surface area (Å²) in [6.45, 7) is 14.2. The van der Waals surface area contributed by atoms with Crippen LogP contribution in [-0.4, -0.2) is 11.9 Å². The highest BCUT2D eigenvalue weighted by Gasteiger charge is 2.14. The fourth-order valence-electron chi connectivity index (χ4n) is 3.42. The van der Waals surface area contributed by atoms with E-state index in [1.54, 1.807) is 12.3 Å². The molecule has 0 aliphatic heterocycles. The maximum absolute atomic E-state index is 5.37. The molecular weight excluding hydrogens is 390 g/mol. The molecule has 0 fully saturated rings. The molecule has 0 aliphatic rings. The molecular formula is C29H33N3. The van der Waals surface area contributed by atoms with Gasteiger partial charge in [0.25, 0.3) is 0 Å². The van der Waals surface area contributed by atoms with Crippen LogP contribution in [0.1, 0.15) is 39.2 Å². The Balaban J connectivity index is 2.52. The molecule has 2 N–H and O–H groups in total. The molecule has 0 radical (unpaired) electrons. The Labute approximate surface area is 192 Å². The molecule has 0 bridgehead atoms. The van der Waals surface area contributed by atoms with Crippen molar-refractivity contribution < 1.29 is 0 Å². The van der Waals surface area contributed by atoms with E-state index in [0.29, 0.717) is 0 Å². The van der Waals surface area contributed by atoms with Crippen molar-refractivity contribution in [3.63, 3.8) is 0 Å². The van der Waals surface area contributed by atoms with Crippen molar-refractivity contribution in [1.29, 1.82) is 0 Å². The first kappa shape index (κ1) is 24.5. The average molecular weight is 424 g/mol. The number of allylic oxidation sites excluding steroid dienone is 8. The van der Waals surface area contributed by atoms with Gasteiger partial charge in [0.1, 0.15) is 0 Å². The molecule has 0 saturated heterocycles.